The van der Waals surface area contributed by atoms with Gasteiger partial charge in [-0.3, -0.25) is 4.79 Å². The van der Waals surface area contributed by atoms with Gasteiger partial charge in [0.15, 0.2) is 0 Å². The Kier molecular flexibility index (Phi) is 6.17. The topological polar surface area (TPSA) is 86.9 Å². The molecule has 1 aromatic carbocycles. The zero-order valence-electron chi connectivity index (χ0n) is 20.0. The molecule has 0 aliphatic carbocycles. The van der Waals surface area contributed by atoms with Crippen LogP contribution in [0.15, 0.2) is 46.3 Å². The van der Waals surface area contributed by atoms with Gasteiger partial charge in [0.2, 0.25) is 0 Å². The van der Waals surface area contributed by atoms with Crippen molar-refractivity contribution >= 4 is 33.9 Å². The van der Waals surface area contributed by atoms with Crippen LogP contribution in [0.3, 0.4) is 0 Å². The highest BCUT2D eigenvalue weighted by molar-refractivity contribution is 7.13. The van der Waals surface area contributed by atoms with Crippen LogP contribution >= 0.6 is 11.3 Å². The molecule has 0 saturated heterocycles. The molecule has 5 rings (SSSR count). The van der Waals surface area contributed by atoms with Crippen molar-refractivity contribution in [3.05, 3.63) is 58.6 Å². The lowest BCUT2D eigenvalue weighted by atomic mass is 9.96. The summed E-state index contributed by atoms with van der Waals surface area (Å²) in [6.45, 7) is 2.83. The quantitative estimate of drug-likeness (QED) is 0.366. The molecule has 4 aromatic rings. The molecule has 180 valence electrons. The van der Waals surface area contributed by atoms with Crippen molar-refractivity contribution in [2.45, 2.75) is 13.3 Å². The number of carbonyl (C=O) groups is 1. The zero-order valence-corrected chi connectivity index (χ0v) is 20.8. The monoisotopic (exact) mass is 491 g/mol. The van der Waals surface area contributed by atoms with Gasteiger partial charge in [0, 0.05) is 25.2 Å². The first kappa shape index (κ1) is 22.9. The van der Waals surface area contributed by atoms with E-state index in [1.807, 2.05) is 53.6 Å². The number of pyridine rings is 1. The maximum Gasteiger partial charge on any atom is 0.259 e. The van der Waals surface area contributed by atoms with Crippen LogP contribution in [0.4, 0.5) is 0 Å². The van der Waals surface area contributed by atoms with Crippen LogP contribution in [-0.4, -0.2) is 55.4 Å². The summed E-state index contributed by atoms with van der Waals surface area (Å²) in [5, 5.41) is 6.69. The second kappa shape index (κ2) is 9.42. The Morgan fingerprint density at radius 1 is 1.11 bits per heavy atom. The summed E-state index contributed by atoms with van der Waals surface area (Å²) in [7, 11) is 4.85. The fraction of sp³-hybridized carbons (Fsp3) is 0.269. The molecule has 0 radical (unpaired) electrons. The van der Waals surface area contributed by atoms with Gasteiger partial charge in [-0.15, -0.1) is 11.3 Å². The molecule has 8 nitrogen and oxygen atoms in total. The van der Waals surface area contributed by atoms with Crippen molar-refractivity contribution in [3.8, 4) is 27.8 Å². The highest BCUT2D eigenvalue weighted by Gasteiger charge is 2.27. The van der Waals surface area contributed by atoms with Crippen LogP contribution in [0, 0.1) is 6.92 Å². The van der Waals surface area contributed by atoms with Crippen LogP contribution in [0.2, 0.25) is 0 Å². The first-order valence-electron chi connectivity index (χ1n) is 11.1. The molecule has 0 spiro atoms. The van der Waals surface area contributed by atoms with E-state index in [1.165, 1.54) is 0 Å². The lowest BCUT2D eigenvalue weighted by molar-refractivity contribution is 0.0774. The number of amides is 1. The van der Waals surface area contributed by atoms with E-state index in [0.29, 0.717) is 64.8 Å². The van der Waals surface area contributed by atoms with Gasteiger partial charge in [-0.2, -0.15) is 0 Å². The molecule has 0 unspecified atom stereocenters. The largest absolute Gasteiger partial charge is 0.496 e. The average Bonchev–Trinajstić information content (AvgIpc) is 3.57. The number of benzene rings is 1. The summed E-state index contributed by atoms with van der Waals surface area (Å²) in [6, 6.07) is 9.45. The fourth-order valence-corrected chi connectivity index (χ4v) is 5.07. The van der Waals surface area contributed by atoms with Crippen LogP contribution in [0.25, 0.3) is 27.2 Å². The van der Waals surface area contributed by atoms with Crippen LogP contribution in [0.5, 0.6) is 17.2 Å². The maximum absolute atomic E-state index is 13.7. The number of aryl methyl sites for hydroxylation is 1. The number of nitrogens with zero attached hydrogens (tertiary/aromatic N) is 3. The lowest BCUT2D eigenvalue weighted by Crippen LogP contribution is -2.35. The Morgan fingerprint density at radius 2 is 1.89 bits per heavy atom. The summed E-state index contributed by atoms with van der Waals surface area (Å²) < 4.78 is 22.0. The van der Waals surface area contributed by atoms with E-state index in [4.69, 9.17) is 18.7 Å². The van der Waals surface area contributed by atoms with Crippen molar-refractivity contribution in [1.82, 2.24) is 15.0 Å². The number of carbonyl (C=O) groups excluding carboxylic acids is 1. The Balaban J connectivity index is 1.48. The molecule has 35 heavy (non-hydrogen) atoms. The summed E-state index contributed by atoms with van der Waals surface area (Å²) in [6.07, 6.45) is 2.70. The minimum atomic E-state index is -0.0783. The highest BCUT2D eigenvalue weighted by atomic mass is 32.1. The number of hydrogen-bond donors (Lipinski definition) is 0. The van der Waals surface area contributed by atoms with Crippen LogP contribution < -0.4 is 14.2 Å². The van der Waals surface area contributed by atoms with E-state index in [9.17, 15) is 4.79 Å². The van der Waals surface area contributed by atoms with E-state index >= 15 is 0 Å². The van der Waals surface area contributed by atoms with E-state index in [0.717, 1.165) is 16.0 Å². The van der Waals surface area contributed by atoms with Crippen molar-refractivity contribution in [2.75, 3.05) is 34.4 Å². The van der Waals surface area contributed by atoms with E-state index in [-0.39, 0.29) is 5.91 Å². The van der Waals surface area contributed by atoms with E-state index < -0.39 is 0 Å². The predicted octanol–water partition coefficient (Wildman–Crippen LogP) is 5.22. The Labute approximate surface area is 206 Å². The first-order valence-corrected chi connectivity index (χ1v) is 12.0. The molecule has 4 heterocycles. The van der Waals surface area contributed by atoms with Crippen molar-refractivity contribution in [2.24, 2.45) is 0 Å². The molecular weight excluding hydrogens is 466 g/mol. The molecule has 1 amide bonds. The van der Waals surface area contributed by atoms with Gasteiger partial charge < -0.3 is 23.6 Å². The third kappa shape index (κ3) is 4.12. The summed E-state index contributed by atoms with van der Waals surface area (Å²) in [5.74, 6) is 1.92. The summed E-state index contributed by atoms with van der Waals surface area (Å²) in [4.78, 5) is 21.1. The second-order valence-corrected chi connectivity index (χ2v) is 9.07. The minimum Gasteiger partial charge on any atom is -0.496 e. The lowest BCUT2D eigenvalue weighted by Gasteiger charge is -2.28. The minimum absolute atomic E-state index is 0.0783. The van der Waals surface area contributed by atoms with E-state index in [2.05, 4.69) is 10.1 Å². The van der Waals surface area contributed by atoms with Gasteiger partial charge in [0.05, 0.1) is 54.1 Å². The second-order valence-electron chi connectivity index (χ2n) is 8.12. The van der Waals surface area contributed by atoms with Gasteiger partial charge in [0.25, 0.3) is 11.6 Å². The SMILES string of the molecule is COc1cc(OC)c(C2=CCN(C(=O)c3cc(-c4cccs4)nc4onc(C)c34)CC2)c(OC)c1. The van der Waals surface area contributed by atoms with Gasteiger partial charge in [0.1, 0.15) is 17.2 Å². The molecular formula is C26H25N3O5S. The maximum atomic E-state index is 13.7. The smallest absolute Gasteiger partial charge is 0.259 e. The molecule has 3 aromatic heterocycles. The highest BCUT2D eigenvalue weighted by Crippen LogP contribution is 2.41. The number of fused-ring (bicyclic) bond motifs is 1. The summed E-state index contributed by atoms with van der Waals surface area (Å²) >= 11 is 1.56. The van der Waals surface area contributed by atoms with Crippen LogP contribution in [0.1, 0.15) is 28.0 Å². The molecule has 9 heteroatoms. The molecule has 0 N–H and O–H groups in total. The van der Waals surface area contributed by atoms with Gasteiger partial charge in [-0.25, -0.2) is 4.98 Å². The fourth-order valence-electron chi connectivity index (χ4n) is 4.39. The number of hydrogen-bond acceptors (Lipinski definition) is 8. The third-order valence-electron chi connectivity index (χ3n) is 6.15. The van der Waals surface area contributed by atoms with Gasteiger partial charge in [-0.1, -0.05) is 17.3 Å². The van der Waals surface area contributed by atoms with Gasteiger partial charge >= 0.3 is 0 Å². The average molecular weight is 492 g/mol. The molecule has 0 fully saturated rings. The van der Waals surface area contributed by atoms with E-state index in [1.54, 1.807) is 32.7 Å². The number of rotatable bonds is 6. The van der Waals surface area contributed by atoms with Crippen molar-refractivity contribution in [1.29, 1.82) is 0 Å². The molecule has 0 saturated carbocycles. The zero-order chi connectivity index (χ0) is 24.5. The Bertz CT molecular complexity index is 1400. The normalized spacial score (nSPS) is 13.6. The number of aromatic nitrogens is 2. The molecule has 1 aliphatic rings. The third-order valence-corrected chi connectivity index (χ3v) is 7.05. The van der Waals surface area contributed by atoms with Gasteiger partial charge in [-0.05, 0) is 36.4 Å². The number of thiophene rings is 1. The van der Waals surface area contributed by atoms with Crippen molar-refractivity contribution in [3.63, 3.8) is 0 Å². The molecule has 0 atom stereocenters. The van der Waals surface area contributed by atoms with Crippen LogP contribution in [-0.2, 0) is 0 Å². The Morgan fingerprint density at radius 3 is 2.49 bits per heavy atom. The predicted molar refractivity (Wildman–Crippen MR) is 134 cm³/mol. The number of methoxy groups -OCH3 is 3. The standard InChI is InChI=1S/C26H25N3O5S/c1-15-23-18(14-19(22-6-5-11-35-22)27-25(23)34-28-15)26(30)29-9-7-16(8-10-29)24-20(32-3)12-17(31-2)13-21(24)33-4/h5-7,11-14H,8-10H2,1-4H3. The summed E-state index contributed by atoms with van der Waals surface area (Å²) in [5.41, 5.74) is 4.21. The van der Waals surface area contributed by atoms with Crippen molar-refractivity contribution < 1.29 is 23.5 Å². The molecule has 0 bridgehead atoms. The number of ether oxygens (including phenoxy) is 3. The first-order chi connectivity index (χ1) is 17.0. The molecule has 1 aliphatic heterocycles. The Hall–Kier alpha value is -3.85.